The highest BCUT2D eigenvalue weighted by Crippen LogP contribution is 2.37. The highest BCUT2D eigenvalue weighted by Gasteiger charge is 2.38. The molecule has 5 heterocycles. The van der Waals surface area contributed by atoms with Gasteiger partial charge in [0.2, 0.25) is 0 Å². The van der Waals surface area contributed by atoms with Gasteiger partial charge in [-0.2, -0.15) is 5.10 Å². The molecule has 0 unspecified atom stereocenters. The minimum absolute atomic E-state index is 0.253. The van der Waals surface area contributed by atoms with Crippen LogP contribution in [0.2, 0.25) is 0 Å². The van der Waals surface area contributed by atoms with Crippen LogP contribution in [-0.2, 0) is 10.4 Å². The van der Waals surface area contributed by atoms with Crippen LogP contribution in [0.1, 0.15) is 39.2 Å². The zero-order valence-electron chi connectivity index (χ0n) is 21.4. The number of fused-ring (bicyclic) bond motifs is 1. The molecule has 0 aliphatic carbocycles. The summed E-state index contributed by atoms with van der Waals surface area (Å²) in [4.78, 5) is 22.9. The van der Waals surface area contributed by atoms with Crippen molar-refractivity contribution in [2.24, 2.45) is 0 Å². The molecule has 2 saturated heterocycles. The van der Waals surface area contributed by atoms with Crippen molar-refractivity contribution in [1.82, 2.24) is 24.4 Å². The highest BCUT2D eigenvalue weighted by molar-refractivity contribution is 5.79. The Morgan fingerprint density at radius 2 is 1.97 bits per heavy atom. The summed E-state index contributed by atoms with van der Waals surface area (Å²) in [5, 5.41) is 4.49. The Hall–Kier alpha value is -3.20. The molecule has 9 heteroatoms. The van der Waals surface area contributed by atoms with Crippen molar-refractivity contribution in [2.45, 2.75) is 45.3 Å². The van der Waals surface area contributed by atoms with Crippen molar-refractivity contribution in [3.63, 3.8) is 0 Å². The summed E-state index contributed by atoms with van der Waals surface area (Å²) in [5.74, 6) is 0. The lowest BCUT2D eigenvalue weighted by atomic mass is 9.87. The van der Waals surface area contributed by atoms with Crippen molar-refractivity contribution < 1.29 is 13.9 Å². The van der Waals surface area contributed by atoms with Crippen molar-refractivity contribution in [2.75, 3.05) is 50.8 Å². The van der Waals surface area contributed by atoms with Gasteiger partial charge in [0, 0.05) is 68.5 Å². The summed E-state index contributed by atoms with van der Waals surface area (Å²) in [6.45, 7) is 10.5. The van der Waals surface area contributed by atoms with Gasteiger partial charge in [-0.05, 0) is 58.4 Å². The van der Waals surface area contributed by atoms with E-state index in [1.807, 2.05) is 35.8 Å². The zero-order valence-corrected chi connectivity index (χ0v) is 21.4. The van der Waals surface area contributed by atoms with Crippen molar-refractivity contribution >= 4 is 17.3 Å². The van der Waals surface area contributed by atoms with Crippen LogP contribution in [0.15, 0.2) is 42.9 Å². The molecular weight excluding hydrogens is 459 g/mol. The van der Waals surface area contributed by atoms with E-state index < -0.39 is 5.67 Å². The number of anilines is 1. The third-order valence-corrected chi connectivity index (χ3v) is 7.41. The molecule has 2 fully saturated rings. The summed E-state index contributed by atoms with van der Waals surface area (Å²) in [6.07, 6.45) is 6.58. The Bertz CT molecular complexity index is 1200. The topological polar surface area (TPSA) is 66.2 Å². The van der Waals surface area contributed by atoms with E-state index in [0.717, 1.165) is 48.5 Å². The number of rotatable bonds is 5. The Labute approximate surface area is 211 Å². The molecule has 1 amide bonds. The molecule has 5 rings (SSSR count). The van der Waals surface area contributed by atoms with Gasteiger partial charge in [-0.25, -0.2) is 13.7 Å². The molecule has 0 N–H and O–H groups in total. The van der Waals surface area contributed by atoms with Crippen molar-refractivity contribution in [1.29, 1.82) is 0 Å². The number of aromatic nitrogens is 3. The number of likely N-dealkylation sites (tertiary alicyclic amines) is 1. The predicted octanol–water partition coefficient (Wildman–Crippen LogP) is 4.34. The molecule has 3 aromatic heterocycles. The SMILES string of the molecule is CCOC(=O)N1CCN(c2ccnn3cc(-c4ccc([C@@]5(F)CCCN(C(C)C)C5)cn4)cc23)CC1. The molecule has 0 radical (unpaired) electrons. The van der Waals surface area contributed by atoms with E-state index in [4.69, 9.17) is 4.74 Å². The second kappa shape index (κ2) is 10.0. The number of amides is 1. The van der Waals surface area contributed by atoms with Crippen LogP contribution < -0.4 is 4.90 Å². The minimum Gasteiger partial charge on any atom is -0.450 e. The monoisotopic (exact) mass is 494 g/mol. The number of pyridine rings is 1. The van der Waals surface area contributed by atoms with Crippen LogP contribution in [0.4, 0.5) is 14.9 Å². The van der Waals surface area contributed by atoms with E-state index in [1.165, 1.54) is 0 Å². The number of piperazine rings is 1. The fourth-order valence-electron chi connectivity index (χ4n) is 5.30. The number of alkyl halides is 1. The number of piperidine rings is 1. The third kappa shape index (κ3) is 4.76. The fraction of sp³-hybridized carbons (Fsp3) is 0.519. The van der Waals surface area contributed by atoms with Crippen LogP contribution in [0.25, 0.3) is 16.8 Å². The number of carbonyl (C=O) groups is 1. The van der Waals surface area contributed by atoms with Gasteiger partial charge < -0.3 is 14.5 Å². The van der Waals surface area contributed by atoms with Crippen LogP contribution >= 0.6 is 0 Å². The Morgan fingerprint density at radius 1 is 1.17 bits per heavy atom. The van der Waals surface area contributed by atoms with Crippen LogP contribution in [-0.4, -0.2) is 82.4 Å². The average Bonchev–Trinajstić information content (AvgIpc) is 3.34. The number of hydrogen-bond acceptors (Lipinski definition) is 6. The predicted molar refractivity (Wildman–Crippen MR) is 138 cm³/mol. The normalized spacial score (nSPS) is 21.4. The molecule has 0 saturated carbocycles. The number of ether oxygens (including phenoxy) is 1. The molecular formula is C27H35FN6O2. The quantitative estimate of drug-likeness (QED) is 0.526. The lowest BCUT2D eigenvalue weighted by molar-refractivity contribution is 0.0267. The molecule has 192 valence electrons. The molecule has 2 aliphatic rings. The first kappa shape index (κ1) is 24.5. The average molecular weight is 495 g/mol. The van der Waals surface area contributed by atoms with Crippen molar-refractivity contribution in [3.05, 3.63) is 48.4 Å². The van der Waals surface area contributed by atoms with E-state index in [-0.39, 0.29) is 6.09 Å². The molecule has 2 aliphatic heterocycles. The summed E-state index contributed by atoms with van der Waals surface area (Å²) in [5.41, 5.74) is 3.06. The van der Waals surface area contributed by atoms with Gasteiger partial charge in [0.25, 0.3) is 0 Å². The van der Waals surface area contributed by atoms with Gasteiger partial charge in [-0.3, -0.25) is 9.88 Å². The number of carbonyl (C=O) groups excluding carboxylic acids is 1. The number of hydrogen-bond donors (Lipinski definition) is 0. The maximum atomic E-state index is 15.9. The van der Waals surface area contributed by atoms with Crippen molar-refractivity contribution in [3.8, 4) is 11.3 Å². The van der Waals surface area contributed by atoms with E-state index in [1.54, 1.807) is 17.3 Å². The Balaban J connectivity index is 1.34. The van der Waals surface area contributed by atoms with Gasteiger partial charge in [0.15, 0.2) is 0 Å². The highest BCUT2D eigenvalue weighted by atomic mass is 19.1. The number of halogens is 1. The molecule has 8 nitrogen and oxygen atoms in total. The van der Waals surface area contributed by atoms with Gasteiger partial charge in [0.1, 0.15) is 5.67 Å². The largest absolute Gasteiger partial charge is 0.450 e. The first-order valence-electron chi connectivity index (χ1n) is 12.9. The summed E-state index contributed by atoms with van der Waals surface area (Å²) < 4.78 is 22.9. The molecule has 3 aromatic rings. The van der Waals surface area contributed by atoms with Gasteiger partial charge in [-0.1, -0.05) is 6.07 Å². The molecule has 1 atom stereocenters. The molecule has 0 aromatic carbocycles. The van der Waals surface area contributed by atoms with E-state index >= 15 is 4.39 Å². The second-order valence-corrected chi connectivity index (χ2v) is 10.0. The lowest BCUT2D eigenvalue weighted by Crippen LogP contribution is -2.49. The summed E-state index contributed by atoms with van der Waals surface area (Å²) in [7, 11) is 0. The third-order valence-electron chi connectivity index (χ3n) is 7.41. The lowest BCUT2D eigenvalue weighted by Gasteiger charge is -2.39. The first-order valence-corrected chi connectivity index (χ1v) is 12.9. The van der Waals surface area contributed by atoms with Crippen LogP contribution in [0.5, 0.6) is 0 Å². The standard InChI is InChI=1S/C27H35FN6O2/c1-4-36-26(35)32-14-12-31(13-15-32)24-8-10-30-34-18-21(16-25(24)34)23-7-6-22(17-29-23)27(28)9-5-11-33(19-27)20(2)3/h6-8,10,16-18,20H,4-5,9,11-15,19H2,1-3H3/t27-/m1/s1. The smallest absolute Gasteiger partial charge is 0.409 e. The second-order valence-electron chi connectivity index (χ2n) is 10.0. The van der Waals surface area contributed by atoms with Gasteiger partial charge in [-0.15, -0.1) is 0 Å². The van der Waals surface area contributed by atoms with Gasteiger partial charge >= 0.3 is 6.09 Å². The fourth-order valence-corrected chi connectivity index (χ4v) is 5.30. The van der Waals surface area contributed by atoms with E-state index in [2.05, 4.69) is 39.8 Å². The van der Waals surface area contributed by atoms with Gasteiger partial charge in [0.05, 0.1) is 23.5 Å². The van der Waals surface area contributed by atoms with E-state index in [0.29, 0.717) is 44.3 Å². The maximum absolute atomic E-state index is 15.9. The van der Waals surface area contributed by atoms with E-state index in [9.17, 15) is 4.79 Å². The maximum Gasteiger partial charge on any atom is 0.409 e. The Kier molecular flexibility index (Phi) is 6.83. The van der Waals surface area contributed by atoms with Crippen LogP contribution in [0, 0.1) is 0 Å². The van der Waals surface area contributed by atoms with Crippen LogP contribution in [0.3, 0.4) is 0 Å². The summed E-state index contributed by atoms with van der Waals surface area (Å²) >= 11 is 0. The first-order chi connectivity index (χ1) is 17.4. The summed E-state index contributed by atoms with van der Waals surface area (Å²) in [6, 6.07) is 8.21. The molecule has 36 heavy (non-hydrogen) atoms. The minimum atomic E-state index is -1.36. The molecule has 0 spiro atoms. The number of nitrogens with zero attached hydrogens (tertiary/aromatic N) is 6. The zero-order chi connectivity index (χ0) is 25.3. The molecule has 0 bridgehead atoms. The Morgan fingerprint density at radius 3 is 2.67 bits per heavy atom.